The highest BCUT2D eigenvalue weighted by Gasteiger charge is 2.43. The largest absolute Gasteiger partial charge is 0.434 e. The van der Waals surface area contributed by atoms with Crippen LogP contribution in [0.4, 0.5) is 14.7 Å². The van der Waals surface area contributed by atoms with Gasteiger partial charge in [-0.25, -0.2) is 9.97 Å². The molecule has 7 heteroatoms. The summed E-state index contributed by atoms with van der Waals surface area (Å²) in [5, 5.41) is 0. The Morgan fingerprint density at radius 3 is 2.96 bits per heavy atom. The van der Waals surface area contributed by atoms with Crippen molar-refractivity contribution in [3.05, 3.63) is 47.3 Å². The van der Waals surface area contributed by atoms with Gasteiger partial charge in [-0.3, -0.25) is 4.90 Å². The third kappa shape index (κ3) is 3.23. The number of alkyl halides is 2. The molecule has 26 heavy (non-hydrogen) atoms. The van der Waals surface area contributed by atoms with Gasteiger partial charge >= 0.3 is 6.61 Å². The minimum Gasteiger partial charge on any atom is -0.434 e. The van der Waals surface area contributed by atoms with E-state index in [0.29, 0.717) is 12.5 Å². The summed E-state index contributed by atoms with van der Waals surface area (Å²) < 4.78 is 30.0. The Kier molecular flexibility index (Phi) is 4.48. The molecule has 1 aromatic heterocycles. The zero-order valence-electron chi connectivity index (χ0n) is 14.5. The van der Waals surface area contributed by atoms with Crippen LogP contribution in [0.1, 0.15) is 36.1 Å². The van der Waals surface area contributed by atoms with Crippen LogP contribution in [-0.2, 0) is 18.4 Å². The smallest absolute Gasteiger partial charge is 0.387 e. The molecule has 2 N–H and O–H groups in total. The molecule has 1 aliphatic carbocycles. The van der Waals surface area contributed by atoms with E-state index in [1.165, 1.54) is 5.56 Å². The van der Waals surface area contributed by atoms with E-state index in [9.17, 15) is 8.78 Å². The number of hydrogen-bond donors (Lipinski definition) is 1. The van der Waals surface area contributed by atoms with Crippen molar-refractivity contribution >= 4 is 5.95 Å². The number of aromatic nitrogens is 2. The number of nitrogen functional groups attached to an aromatic ring is 1. The Balaban J connectivity index is 1.55. The second-order valence-electron chi connectivity index (χ2n) is 7.18. The lowest BCUT2D eigenvalue weighted by molar-refractivity contribution is -0.0509. The Morgan fingerprint density at radius 1 is 1.27 bits per heavy atom. The average molecular weight is 360 g/mol. The van der Waals surface area contributed by atoms with Gasteiger partial charge in [0.25, 0.3) is 0 Å². The molecule has 1 aliphatic heterocycles. The number of rotatable bonds is 4. The number of nitrogens with two attached hydrogens (primary N) is 1. The molecule has 2 aromatic rings. The predicted octanol–water partition coefficient (Wildman–Crippen LogP) is 3.14. The van der Waals surface area contributed by atoms with Crippen molar-refractivity contribution in [2.75, 3.05) is 18.8 Å². The molecule has 1 saturated heterocycles. The summed E-state index contributed by atoms with van der Waals surface area (Å²) in [6.07, 6.45) is 5.96. The Bertz CT molecular complexity index is 797. The fourth-order valence-electron chi connectivity index (χ4n) is 4.40. The highest BCUT2D eigenvalue weighted by molar-refractivity contribution is 5.38. The Hall–Kier alpha value is -2.28. The lowest BCUT2D eigenvalue weighted by atomic mass is 9.77. The molecule has 1 unspecified atom stereocenters. The standard InChI is InChI=1S/C19H22F2N4O/c20-17(21)26-15-5-2-1-4-14(15)11-25-9-3-7-19(12-25)8-6-13-10-23-18(22)24-16(13)19/h1-2,4-5,10,17H,3,6-9,11-12H2,(H2,22,23,24). The van der Waals surface area contributed by atoms with Gasteiger partial charge in [0.05, 0.1) is 5.69 Å². The van der Waals surface area contributed by atoms with Crippen molar-refractivity contribution < 1.29 is 13.5 Å². The first kappa shape index (κ1) is 17.1. The van der Waals surface area contributed by atoms with E-state index in [1.807, 2.05) is 18.3 Å². The summed E-state index contributed by atoms with van der Waals surface area (Å²) in [5.74, 6) is 0.568. The van der Waals surface area contributed by atoms with E-state index in [4.69, 9.17) is 5.73 Å². The van der Waals surface area contributed by atoms with Gasteiger partial charge in [0.2, 0.25) is 5.95 Å². The molecule has 1 atom stereocenters. The van der Waals surface area contributed by atoms with Crippen molar-refractivity contribution in [1.82, 2.24) is 14.9 Å². The maximum absolute atomic E-state index is 12.7. The molecule has 0 saturated carbocycles. The molecule has 2 aliphatic rings. The summed E-state index contributed by atoms with van der Waals surface area (Å²) in [5.41, 5.74) is 8.85. The summed E-state index contributed by atoms with van der Waals surface area (Å²) in [4.78, 5) is 11.0. The molecule has 1 aromatic carbocycles. The van der Waals surface area contributed by atoms with Crippen LogP contribution in [0.25, 0.3) is 0 Å². The van der Waals surface area contributed by atoms with E-state index in [2.05, 4.69) is 19.6 Å². The highest BCUT2D eigenvalue weighted by atomic mass is 19.3. The number of para-hydroxylation sites is 1. The fraction of sp³-hybridized carbons (Fsp3) is 0.474. The number of hydrogen-bond acceptors (Lipinski definition) is 5. The van der Waals surface area contributed by atoms with Crippen LogP contribution in [0.2, 0.25) is 0 Å². The fourth-order valence-corrected chi connectivity index (χ4v) is 4.40. The van der Waals surface area contributed by atoms with Crippen molar-refractivity contribution in [3.63, 3.8) is 0 Å². The van der Waals surface area contributed by atoms with Gasteiger partial charge in [0.15, 0.2) is 0 Å². The van der Waals surface area contributed by atoms with Crippen LogP contribution < -0.4 is 10.5 Å². The zero-order chi connectivity index (χ0) is 18.1. The summed E-state index contributed by atoms with van der Waals surface area (Å²) in [7, 11) is 0. The van der Waals surface area contributed by atoms with Gasteiger partial charge in [0, 0.05) is 30.3 Å². The van der Waals surface area contributed by atoms with Crippen LogP contribution in [-0.4, -0.2) is 34.6 Å². The molecule has 5 nitrogen and oxygen atoms in total. The minimum absolute atomic E-state index is 0.0108. The second kappa shape index (κ2) is 6.79. The van der Waals surface area contributed by atoms with Gasteiger partial charge in [-0.05, 0) is 43.9 Å². The first-order chi connectivity index (χ1) is 12.6. The van der Waals surface area contributed by atoms with E-state index >= 15 is 0 Å². The Labute approximate surface area is 151 Å². The average Bonchev–Trinajstić information content (AvgIpc) is 2.94. The number of halogens is 2. The number of aryl methyl sites for hydroxylation is 1. The Morgan fingerprint density at radius 2 is 2.12 bits per heavy atom. The lowest BCUT2D eigenvalue weighted by Crippen LogP contribution is -2.45. The summed E-state index contributed by atoms with van der Waals surface area (Å²) in [6.45, 7) is -0.453. The van der Waals surface area contributed by atoms with Crippen LogP contribution in [0.5, 0.6) is 5.75 Å². The normalized spacial score (nSPS) is 22.7. The number of ether oxygens (including phenoxy) is 1. The molecular weight excluding hydrogens is 338 g/mol. The third-order valence-corrected chi connectivity index (χ3v) is 5.50. The van der Waals surface area contributed by atoms with E-state index < -0.39 is 6.61 Å². The maximum atomic E-state index is 12.7. The molecule has 1 fully saturated rings. The van der Waals surface area contributed by atoms with Gasteiger partial charge in [0.1, 0.15) is 5.75 Å². The van der Waals surface area contributed by atoms with Crippen molar-refractivity contribution in [2.24, 2.45) is 0 Å². The maximum Gasteiger partial charge on any atom is 0.387 e. The van der Waals surface area contributed by atoms with Gasteiger partial charge < -0.3 is 10.5 Å². The first-order valence-corrected chi connectivity index (χ1v) is 8.93. The number of fused-ring (bicyclic) bond motifs is 2. The zero-order valence-corrected chi connectivity index (χ0v) is 14.5. The SMILES string of the molecule is Nc1ncc2c(n1)C1(CCCN(Cc3ccccc3OC(F)F)C1)CC2. The van der Waals surface area contributed by atoms with Crippen molar-refractivity contribution in [1.29, 1.82) is 0 Å². The molecule has 0 bridgehead atoms. The first-order valence-electron chi connectivity index (χ1n) is 8.93. The molecular formula is C19H22F2N4O. The van der Waals surface area contributed by atoms with Gasteiger partial charge in [-0.1, -0.05) is 18.2 Å². The summed E-state index contributed by atoms with van der Waals surface area (Å²) >= 11 is 0. The second-order valence-corrected chi connectivity index (χ2v) is 7.18. The molecule has 0 radical (unpaired) electrons. The quantitative estimate of drug-likeness (QED) is 0.907. The van der Waals surface area contributed by atoms with Crippen molar-refractivity contribution in [2.45, 2.75) is 44.3 Å². The molecule has 4 rings (SSSR count). The number of piperidine rings is 1. The number of likely N-dealkylation sites (tertiary alicyclic amines) is 1. The molecule has 0 amide bonds. The van der Waals surface area contributed by atoms with Gasteiger partial charge in [-0.2, -0.15) is 8.78 Å². The van der Waals surface area contributed by atoms with E-state index in [0.717, 1.165) is 50.0 Å². The van der Waals surface area contributed by atoms with Gasteiger partial charge in [-0.15, -0.1) is 0 Å². The highest BCUT2D eigenvalue weighted by Crippen LogP contribution is 2.44. The minimum atomic E-state index is -2.81. The lowest BCUT2D eigenvalue weighted by Gasteiger charge is -2.40. The molecule has 1 spiro atoms. The monoisotopic (exact) mass is 360 g/mol. The number of anilines is 1. The van der Waals surface area contributed by atoms with Crippen LogP contribution >= 0.6 is 0 Å². The van der Waals surface area contributed by atoms with Crippen LogP contribution in [0.15, 0.2) is 30.5 Å². The molecule has 2 heterocycles. The van der Waals surface area contributed by atoms with Crippen molar-refractivity contribution in [3.8, 4) is 5.75 Å². The summed E-state index contributed by atoms with van der Waals surface area (Å²) in [6, 6.07) is 7.01. The van der Waals surface area contributed by atoms with Crippen LogP contribution in [0, 0.1) is 0 Å². The number of nitrogens with zero attached hydrogens (tertiary/aromatic N) is 3. The number of benzene rings is 1. The van der Waals surface area contributed by atoms with E-state index in [1.54, 1.807) is 12.1 Å². The topological polar surface area (TPSA) is 64.3 Å². The third-order valence-electron chi connectivity index (χ3n) is 5.50. The predicted molar refractivity (Wildman–Crippen MR) is 94.0 cm³/mol. The van der Waals surface area contributed by atoms with Crippen LogP contribution in [0.3, 0.4) is 0 Å². The van der Waals surface area contributed by atoms with E-state index in [-0.39, 0.29) is 11.2 Å². The molecule has 138 valence electrons.